The van der Waals surface area contributed by atoms with Gasteiger partial charge in [-0.25, -0.2) is 0 Å². The number of rotatable bonds is 1. The largest absolute Gasteiger partial charge is 0.324 e. The summed E-state index contributed by atoms with van der Waals surface area (Å²) in [5.74, 6) is 0. The molecule has 1 heterocycles. The summed E-state index contributed by atoms with van der Waals surface area (Å²) in [4.78, 5) is 1.34. The minimum atomic E-state index is 0. The maximum Gasteiger partial charge on any atom is 0.0277 e. The second-order valence-electron chi connectivity index (χ2n) is 2.22. The van der Waals surface area contributed by atoms with Crippen LogP contribution in [0.3, 0.4) is 0 Å². The predicted molar refractivity (Wildman–Crippen MR) is 48.9 cm³/mol. The molecule has 1 rings (SSSR count). The second kappa shape index (κ2) is 3.96. The molecule has 0 saturated carbocycles. The fraction of sp³-hybridized carbons (Fsp3) is 0.429. The van der Waals surface area contributed by atoms with Crippen LogP contribution in [-0.2, 0) is 0 Å². The lowest BCUT2D eigenvalue weighted by Gasteiger charge is -2.01. The fourth-order valence-corrected chi connectivity index (χ4v) is 1.68. The Morgan fingerprint density at radius 3 is 2.40 bits per heavy atom. The van der Waals surface area contributed by atoms with Crippen molar-refractivity contribution < 1.29 is 0 Å². The highest BCUT2D eigenvalue weighted by Crippen LogP contribution is 2.19. The Labute approximate surface area is 71.7 Å². The smallest absolute Gasteiger partial charge is 0.0277 e. The first-order valence-corrected chi connectivity index (χ1v) is 3.89. The van der Waals surface area contributed by atoms with E-state index >= 15 is 0 Å². The van der Waals surface area contributed by atoms with E-state index in [0.29, 0.717) is 0 Å². The molecule has 0 unspecified atom stereocenters. The summed E-state index contributed by atoms with van der Waals surface area (Å²) in [6, 6.07) is 2.28. The number of nitrogens with two attached hydrogens (primary N) is 1. The summed E-state index contributed by atoms with van der Waals surface area (Å²) in [5, 5.41) is 2.08. The van der Waals surface area contributed by atoms with Gasteiger partial charge in [-0.1, -0.05) is 0 Å². The van der Waals surface area contributed by atoms with Gasteiger partial charge in [0.25, 0.3) is 0 Å². The molecule has 0 saturated heterocycles. The Hall–Kier alpha value is -0.0500. The average Bonchev–Trinajstić information content (AvgIpc) is 2.13. The van der Waals surface area contributed by atoms with Gasteiger partial charge in [-0.3, -0.25) is 0 Å². The minimum Gasteiger partial charge on any atom is -0.324 e. The van der Waals surface area contributed by atoms with Gasteiger partial charge in [0.1, 0.15) is 0 Å². The van der Waals surface area contributed by atoms with Crippen LogP contribution in [0.2, 0.25) is 0 Å². The average molecular weight is 178 g/mol. The van der Waals surface area contributed by atoms with Crippen LogP contribution in [0.5, 0.6) is 0 Å². The molecule has 0 aliphatic carbocycles. The lowest BCUT2D eigenvalue weighted by atomic mass is 10.1. The molecule has 58 valence electrons. The highest BCUT2D eigenvalue weighted by atomic mass is 35.5. The summed E-state index contributed by atoms with van der Waals surface area (Å²) in [6.45, 7) is 4.11. The van der Waals surface area contributed by atoms with E-state index < -0.39 is 0 Å². The van der Waals surface area contributed by atoms with Crippen LogP contribution in [0.25, 0.3) is 0 Å². The molecule has 0 aromatic carbocycles. The molecule has 0 spiro atoms. The van der Waals surface area contributed by atoms with Crippen LogP contribution in [0.15, 0.2) is 11.4 Å². The molecule has 0 fully saturated rings. The number of hydrogen-bond acceptors (Lipinski definition) is 2. The zero-order valence-corrected chi connectivity index (χ0v) is 7.76. The van der Waals surface area contributed by atoms with E-state index in [-0.39, 0.29) is 18.4 Å². The molecule has 10 heavy (non-hydrogen) atoms. The summed E-state index contributed by atoms with van der Waals surface area (Å²) in [5.41, 5.74) is 6.94. The van der Waals surface area contributed by atoms with Crippen LogP contribution in [0.1, 0.15) is 23.4 Å². The molecule has 0 radical (unpaired) electrons. The number of halogens is 1. The van der Waals surface area contributed by atoms with Crippen molar-refractivity contribution in [3.63, 3.8) is 0 Å². The van der Waals surface area contributed by atoms with Gasteiger partial charge in [-0.05, 0) is 30.9 Å². The first-order chi connectivity index (χ1) is 4.22. The van der Waals surface area contributed by atoms with Crippen molar-refractivity contribution in [2.45, 2.75) is 19.9 Å². The Morgan fingerprint density at radius 2 is 2.20 bits per heavy atom. The number of thiophene rings is 1. The van der Waals surface area contributed by atoms with Gasteiger partial charge in [-0.2, -0.15) is 0 Å². The molecule has 1 aromatic rings. The lowest BCUT2D eigenvalue weighted by Crippen LogP contribution is -2.04. The number of hydrogen-bond donors (Lipinski definition) is 1. The van der Waals surface area contributed by atoms with E-state index in [1.54, 1.807) is 11.3 Å². The van der Waals surface area contributed by atoms with E-state index in [2.05, 4.69) is 18.4 Å². The molecule has 2 N–H and O–H groups in total. The van der Waals surface area contributed by atoms with Gasteiger partial charge in [0.05, 0.1) is 0 Å². The first-order valence-electron chi connectivity index (χ1n) is 3.01. The predicted octanol–water partition coefficient (Wildman–Crippen LogP) is 2.50. The van der Waals surface area contributed by atoms with Crippen LogP contribution < -0.4 is 5.73 Å². The lowest BCUT2D eigenvalue weighted by molar-refractivity contribution is 0.816. The minimum absolute atomic E-state index is 0. The van der Waals surface area contributed by atoms with Crippen molar-refractivity contribution in [1.82, 2.24) is 0 Å². The molecular formula is C7H12ClNS. The van der Waals surface area contributed by atoms with Gasteiger partial charge >= 0.3 is 0 Å². The van der Waals surface area contributed by atoms with Crippen LogP contribution in [-0.4, -0.2) is 0 Å². The van der Waals surface area contributed by atoms with Crippen molar-refractivity contribution in [1.29, 1.82) is 0 Å². The highest BCUT2D eigenvalue weighted by Gasteiger charge is 2.02. The summed E-state index contributed by atoms with van der Waals surface area (Å²) < 4.78 is 0. The van der Waals surface area contributed by atoms with Crippen LogP contribution >= 0.6 is 23.7 Å². The van der Waals surface area contributed by atoms with Crippen molar-refractivity contribution >= 4 is 23.7 Å². The molecule has 0 aliphatic heterocycles. The van der Waals surface area contributed by atoms with Gasteiger partial charge in [-0.15, -0.1) is 23.7 Å². The van der Waals surface area contributed by atoms with Crippen molar-refractivity contribution in [3.05, 3.63) is 21.9 Å². The van der Waals surface area contributed by atoms with Gasteiger partial charge < -0.3 is 5.73 Å². The second-order valence-corrected chi connectivity index (χ2v) is 3.34. The third-order valence-electron chi connectivity index (χ3n) is 1.39. The van der Waals surface area contributed by atoms with Crippen molar-refractivity contribution in [3.8, 4) is 0 Å². The standard InChI is InChI=1S/C7H11NS.ClH/c1-5(8)7-3-4-9-6(7)2;/h3-5H,8H2,1-2H3;1H/t5-;/m1./s1. The van der Waals surface area contributed by atoms with E-state index in [4.69, 9.17) is 5.73 Å². The highest BCUT2D eigenvalue weighted by molar-refractivity contribution is 7.10. The Morgan fingerprint density at radius 1 is 1.60 bits per heavy atom. The molecule has 1 nitrogen and oxygen atoms in total. The van der Waals surface area contributed by atoms with Crippen LogP contribution in [0.4, 0.5) is 0 Å². The van der Waals surface area contributed by atoms with Crippen LogP contribution in [0, 0.1) is 6.92 Å². The van der Waals surface area contributed by atoms with E-state index in [1.165, 1.54) is 10.4 Å². The fourth-order valence-electron chi connectivity index (χ4n) is 0.867. The van der Waals surface area contributed by atoms with E-state index in [9.17, 15) is 0 Å². The van der Waals surface area contributed by atoms with Crippen molar-refractivity contribution in [2.75, 3.05) is 0 Å². The Bertz CT molecular complexity index is 195. The summed E-state index contributed by atoms with van der Waals surface area (Å²) >= 11 is 1.75. The maximum atomic E-state index is 5.67. The summed E-state index contributed by atoms with van der Waals surface area (Å²) in [7, 11) is 0. The quantitative estimate of drug-likeness (QED) is 0.701. The van der Waals surface area contributed by atoms with Gasteiger partial charge in [0, 0.05) is 10.9 Å². The molecule has 1 atom stereocenters. The number of aryl methyl sites for hydroxylation is 1. The molecule has 1 aromatic heterocycles. The van der Waals surface area contributed by atoms with Gasteiger partial charge in [0.2, 0.25) is 0 Å². The Balaban J connectivity index is 0.000000810. The molecule has 0 amide bonds. The SMILES string of the molecule is Cc1sccc1[C@@H](C)N.Cl. The monoisotopic (exact) mass is 177 g/mol. The summed E-state index contributed by atoms with van der Waals surface area (Å²) in [6.07, 6.45) is 0. The Kier molecular flexibility index (Phi) is 3.94. The molecular weight excluding hydrogens is 166 g/mol. The van der Waals surface area contributed by atoms with Gasteiger partial charge in [0.15, 0.2) is 0 Å². The third kappa shape index (κ3) is 1.97. The van der Waals surface area contributed by atoms with Crippen molar-refractivity contribution in [2.24, 2.45) is 5.73 Å². The zero-order chi connectivity index (χ0) is 6.85. The third-order valence-corrected chi connectivity index (χ3v) is 2.25. The topological polar surface area (TPSA) is 26.0 Å². The first kappa shape index (κ1) is 9.95. The zero-order valence-electron chi connectivity index (χ0n) is 6.13. The maximum absolute atomic E-state index is 5.67. The van der Waals surface area contributed by atoms with E-state index in [1.807, 2.05) is 6.92 Å². The normalized spacial score (nSPS) is 12.3. The molecule has 0 bridgehead atoms. The molecule has 0 aliphatic rings. The molecule has 3 heteroatoms. The van der Waals surface area contributed by atoms with E-state index in [0.717, 1.165) is 0 Å².